The average Bonchev–Trinajstić information content (AvgIpc) is 2.56. The molecule has 7 nitrogen and oxygen atoms in total. The molecular weight excluding hydrogens is 376 g/mol. The second-order valence-corrected chi connectivity index (χ2v) is 7.81. The molecule has 134 valence electrons. The van der Waals surface area contributed by atoms with E-state index in [2.05, 4.69) is 14.8 Å². The minimum Gasteiger partial charge on any atom is -0.467 e. The predicted octanol–water partition coefficient (Wildman–Crippen LogP) is 1.03. The van der Waals surface area contributed by atoms with Crippen LogP contribution in [0.4, 0.5) is 0 Å². The number of carbonyl (C=O) groups excluding carboxylic acids is 2. The molecule has 0 fully saturated rings. The highest BCUT2D eigenvalue weighted by atomic mass is 35.5. The Morgan fingerprint density at radius 2 is 2.00 bits per heavy atom. The number of sulfonamides is 1. The highest BCUT2D eigenvalue weighted by Gasteiger charge is 2.23. The largest absolute Gasteiger partial charge is 0.467 e. The standard InChI is InChI=1S/C14H19ClN2O5S2/c1-22-14(19)11(7-8-23-2)17-13(18)9-16-24(20,21)12-6-4-3-5-10(12)15/h3-6,11,16H,7-9H2,1-2H3,(H,17,18). The van der Waals surface area contributed by atoms with Gasteiger partial charge in [-0.05, 0) is 30.6 Å². The molecule has 1 amide bonds. The zero-order chi connectivity index (χ0) is 18.2. The number of amides is 1. The molecule has 1 aromatic carbocycles. The zero-order valence-electron chi connectivity index (χ0n) is 13.2. The number of hydrogen-bond donors (Lipinski definition) is 2. The number of benzene rings is 1. The maximum atomic E-state index is 12.1. The number of halogens is 1. The van der Waals surface area contributed by atoms with Gasteiger partial charge < -0.3 is 10.1 Å². The lowest BCUT2D eigenvalue weighted by Crippen LogP contribution is -2.46. The van der Waals surface area contributed by atoms with Gasteiger partial charge in [0.1, 0.15) is 10.9 Å². The summed E-state index contributed by atoms with van der Waals surface area (Å²) in [6, 6.07) is 5.07. The van der Waals surface area contributed by atoms with Gasteiger partial charge in [-0.3, -0.25) is 4.79 Å². The number of carbonyl (C=O) groups is 2. The van der Waals surface area contributed by atoms with Gasteiger partial charge in [0, 0.05) is 0 Å². The zero-order valence-corrected chi connectivity index (χ0v) is 15.6. The molecule has 1 aromatic rings. The van der Waals surface area contributed by atoms with E-state index in [1.807, 2.05) is 6.26 Å². The van der Waals surface area contributed by atoms with Gasteiger partial charge in [-0.1, -0.05) is 23.7 Å². The maximum absolute atomic E-state index is 12.1. The molecule has 0 spiro atoms. The van der Waals surface area contributed by atoms with E-state index in [9.17, 15) is 18.0 Å². The third kappa shape index (κ3) is 6.31. The van der Waals surface area contributed by atoms with Crippen LogP contribution < -0.4 is 10.0 Å². The first kappa shape index (κ1) is 20.8. The lowest BCUT2D eigenvalue weighted by atomic mass is 10.2. The average molecular weight is 395 g/mol. The Bertz CT molecular complexity index is 681. The van der Waals surface area contributed by atoms with Crippen molar-refractivity contribution in [3.05, 3.63) is 29.3 Å². The SMILES string of the molecule is COC(=O)C(CCSC)NC(=O)CNS(=O)(=O)c1ccccc1Cl. The molecule has 10 heteroatoms. The van der Waals surface area contributed by atoms with Gasteiger partial charge in [0.15, 0.2) is 0 Å². The normalized spacial score (nSPS) is 12.5. The molecule has 0 saturated heterocycles. The highest BCUT2D eigenvalue weighted by Crippen LogP contribution is 2.19. The Labute approximate surface area is 150 Å². The first-order valence-corrected chi connectivity index (χ1v) is 10.2. The summed E-state index contributed by atoms with van der Waals surface area (Å²) in [4.78, 5) is 23.4. The minimum absolute atomic E-state index is 0.0535. The van der Waals surface area contributed by atoms with Gasteiger partial charge in [0.05, 0.1) is 18.7 Å². The Morgan fingerprint density at radius 3 is 2.58 bits per heavy atom. The topological polar surface area (TPSA) is 102 Å². The maximum Gasteiger partial charge on any atom is 0.328 e. The minimum atomic E-state index is -3.93. The quantitative estimate of drug-likeness (QED) is 0.606. The lowest BCUT2D eigenvalue weighted by molar-refractivity contribution is -0.145. The van der Waals surface area contributed by atoms with Crippen LogP contribution in [-0.2, 0) is 24.3 Å². The summed E-state index contributed by atoms with van der Waals surface area (Å²) in [7, 11) is -2.70. The van der Waals surface area contributed by atoms with Gasteiger partial charge in [-0.2, -0.15) is 11.8 Å². The van der Waals surface area contributed by atoms with E-state index in [0.29, 0.717) is 12.2 Å². The number of esters is 1. The molecule has 0 aliphatic carbocycles. The summed E-state index contributed by atoms with van der Waals surface area (Å²) in [6.45, 7) is -0.514. The third-order valence-electron chi connectivity index (χ3n) is 2.98. The van der Waals surface area contributed by atoms with E-state index in [1.165, 1.54) is 37.1 Å². The number of nitrogens with one attached hydrogen (secondary N) is 2. The van der Waals surface area contributed by atoms with Crippen LogP contribution in [0.1, 0.15) is 6.42 Å². The van der Waals surface area contributed by atoms with Crippen LogP contribution in [0.25, 0.3) is 0 Å². The van der Waals surface area contributed by atoms with Gasteiger partial charge >= 0.3 is 5.97 Å². The fraction of sp³-hybridized carbons (Fsp3) is 0.429. The van der Waals surface area contributed by atoms with E-state index >= 15 is 0 Å². The molecule has 1 atom stereocenters. The summed E-state index contributed by atoms with van der Waals surface area (Å²) in [5.74, 6) is -0.570. The van der Waals surface area contributed by atoms with Crippen LogP contribution in [0.5, 0.6) is 0 Å². The third-order valence-corrected chi connectivity index (χ3v) is 5.53. The van der Waals surface area contributed by atoms with E-state index in [-0.39, 0.29) is 9.92 Å². The number of thioether (sulfide) groups is 1. The summed E-state index contributed by atoms with van der Waals surface area (Å²) in [5.41, 5.74) is 0. The fourth-order valence-corrected chi connectivity index (χ4v) is 3.74. The van der Waals surface area contributed by atoms with Crippen molar-refractivity contribution in [3.63, 3.8) is 0 Å². The molecular formula is C14H19ClN2O5S2. The molecule has 0 saturated carbocycles. The van der Waals surface area contributed by atoms with Gasteiger partial charge in [0.25, 0.3) is 0 Å². The molecule has 24 heavy (non-hydrogen) atoms. The molecule has 0 aliphatic heterocycles. The van der Waals surface area contributed by atoms with Crippen molar-refractivity contribution in [2.75, 3.05) is 25.7 Å². The van der Waals surface area contributed by atoms with Crippen molar-refractivity contribution in [1.29, 1.82) is 0 Å². The van der Waals surface area contributed by atoms with Gasteiger partial charge in [-0.15, -0.1) is 0 Å². The molecule has 2 N–H and O–H groups in total. The molecule has 1 rings (SSSR count). The van der Waals surface area contributed by atoms with Crippen LogP contribution in [0.3, 0.4) is 0 Å². The Balaban J connectivity index is 2.67. The number of rotatable bonds is 9. The van der Waals surface area contributed by atoms with E-state index in [1.54, 1.807) is 6.07 Å². The van der Waals surface area contributed by atoms with Crippen LogP contribution in [0, 0.1) is 0 Å². The number of hydrogen-bond acceptors (Lipinski definition) is 6. The summed E-state index contributed by atoms with van der Waals surface area (Å²) in [6.07, 6.45) is 2.25. The van der Waals surface area contributed by atoms with E-state index in [0.717, 1.165) is 0 Å². The molecule has 0 aromatic heterocycles. The molecule has 0 aliphatic rings. The van der Waals surface area contributed by atoms with Gasteiger partial charge in [-0.25, -0.2) is 17.9 Å². The van der Waals surface area contributed by atoms with Crippen molar-refractivity contribution in [3.8, 4) is 0 Å². The summed E-state index contributed by atoms with van der Waals surface area (Å²) in [5, 5.41) is 2.51. The van der Waals surface area contributed by atoms with E-state index < -0.39 is 34.5 Å². The van der Waals surface area contributed by atoms with Crippen molar-refractivity contribution < 1.29 is 22.7 Å². The predicted molar refractivity (Wildman–Crippen MR) is 93.6 cm³/mol. The summed E-state index contributed by atoms with van der Waals surface area (Å²) >= 11 is 7.36. The van der Waals surface area contributed by atoms with Gasteiger partial charge in [0.2, 0.25) is 15.9 Å². The Hall–Kier alpha value is -1.29. The van der Waals surface area contributed by atoms with Crippen molar-refractivity contribution in [1.82, 2.24) is 10.0 Å². The van der Waals surface area contributed by atoms with Crippen molar-refractivity contribution in [2.24, 2.45) is 0 Å². The first-order valence-electron chi connectivity index (χ1n) is 6.92. The highest BCUT2D eigenvalue weighted by molar-refractivity contribution is 7.98. The van der Waals surface area contributed by atoms with Crippen molar-refractivity contribution in [2.45, 2.75) is 17.4 Å². The second-order valence-electron chi connectivity index (χ2n) is 4.68. The monoisotopic (exact) mass is 394 g/mol. The Morgan fingerprint density at radius 1 is 1.33 bits per heavy atom. The smallest absolute Gasteiger partial charge is 0.328 e. The molecule has 1 unspecified atom stereocenters. The fourth-order valence-electron chi connectivity index (χ4n) is 1.77. The Kier molecular flexibility index (Phi) is 8.54. The lowest BCUT2D eigenvalue weighted by Gasteiger charge is -2.16. The first-order chi connectivity index (χ1) is 11.3. The van der Waals surface area contributed by atoms with Crippen LogP contribution in [0.2, 0.25) is 5.02 Å². The molecule has 0 bridgehead atoms. The van der Waals surface area contributed by atoms with Crippen LogP contribution in [-0.4, -0.2) is 52.0 Å². The molecule has 0 heterocycles. The second kappa shape index (κ2) is 9.87. The number of ether oxygens (including phenoxy) is 1. The summed E-state index contributed by atoms with van der Waals surface area (Å²) < 4.78 is 31.0. The molecule has 0 radical (unpaired) electrons. The number of methoxy groups -OCH3 is 1. The van der Waals surface area contributed by atoms with E-state index in [4.69, 9.17) is 11.6 Å². The van der Waals surface area contributed by atoms with Crippen molar-refractivity contribution >= 4 is 45.3 Å². The van der Waals surface area contributed by atoms with Crippen LogP contribution in [0.15, 0.2) is 29.2 Å². The van der Waals surface area contributed by atoms with Crippen LogP contribution >= 0.6 is 23.4 Å².